The van der Waals surface area contributed by atoms with Gasteiger partial charge in [0.1, 0.15) is 5.69 Å². The second kappa shape index (κ2) is 5.22. The molecule has 0 aliphatic heterocycles. The summed E-state index contributed by atoms with van der Waals surface area (Å²) in [6.07, 6.45) is 4.01. The van der Waals surface area contributed by atoms with Crippen molar-refractivity contribution in [3.63, 3.8) is 0 Å². The fraction of sp³-hybridized carbons (Fsp3) is 0.167. The van der Waals surface area contributed by atoms with Gasteiger partial charge in [-0.25, -0.2) is 9.97 Å². The van der Waals surface area contributed by atoms with Crippen LogP contribution in [-0.4, -0.2) is 15.8 Å². The molecule has 22 heavy (non-hydrogen) atoms. The number of ketones is 1. The summed E-state index contributed by atoms with van der Waals surface area (Å²) in [6.45, 7) is 0. The molecule has 3 aromatic rings. The van der Waals surface area contributed by atoms with Crippen LogP contribution in [0.2, 0.25) is 0 Å². The van der Waals surface area contributed by atoms with Gasteiger partial charge in [0.15, 0.2) is 11.5 Å². The van der Waals surface area contributed by atoms with Crippen LogP contribution >= 0.6 is 0 Å². The summed E-state index contributed by atoms with van der Waals surface area (Å²) in [6, 6.07) is 13.4. The number of aromatic nitrogens is 2. The Morgan fingerprint density at radius 2 is 1.86 bits per heavy atom. The molecule has 0 amide bonds. The predicted molar refractivity (Wildman–Crippen MR) is 82.4 cm³/mol. The molecule has 0 bridgehead atoms. The summed E-state index contributed by atoms with van der Waals surface area (Å²) < 4.78 is 5.82. The minimum absolute atomic E-state index is 0.183. The number of nitrogens with zero attached hydrogens (tertiary/aromatic N) is 2. The Morgan fingerprint density at radius 3 is 2.73 bits per heavy atom. The molecule has 0 radical (unpaired) electrons. The third-order valence-electron chi connectivity index (χ3n) is 3.87. The van der Waals surface area contributed by atoms with E-state index in [0.717, 1.165) is 35.4 Å². The molecule has 0 saturated heterocycles. The number of hydrogen-bond acceptors (Lipinski definition) is 4. The molecule has 0 N–H and O–H groups in total. The number of carbonyl (C=O) groups excluding carboxylic acids is 1. The Labute approximate surface area is 127 Å². The summed E-state index contributed by atoms with van der Waals surface area (Å²) in [5.41, 5.74) is 3.27. The van der Waals surface area contributed by atoms with Crippen LogP contribution in [0.3, 0.4) is 0 Å². The van der Waals surface area contributed by atoms with Crippen LogP contribution in [0.4, 0.5) is 0 Å². The Morgan fingerprint density at radius 1 is 1.00 bits per heavy atom. The Hall–Kier alpha value is -2.75. The van der Waals surface area contributed by atoms with Crippen molar-refractivity contribution in [2.75, 3.05) is 0 Å². The van der Waals surface area contributed by atoms with E-state index in [1.807, 2.05) is 42.5 Å². The average Bonchev–Trinajstić information content (AvgIpc) is 3.06. The van der Waals surface area contributed by atoms with Crippen LogP contribution in [0.15, 0.2) is 53.1 Å². The van der Waals surface area contributed by atoms with E-state index in [0.29, 0.717) is 18.1 Å². The van der Waals surface area contributed by atoms with Gasteiger partial charge in [-0.2, -0.15) is 0 Å². The highest BCUT2D eigenvalue weighted by atomic mass is 16.4. The number of oxazole rings is 1. The third-order valence-corrected chi connectivity index (χ3v) is 3.87. The van der Waals surface area contributed by atoms with E-state index in [1.165, 1.54) is 0 Å². The summed E-state index contributed by atoms with van der Waals surface area (Å²) in [5, 5.41) is 0. The van der Waals surface area contributed by atoms with E-state index in [2.05, 4.69) is 9.97 Å². The summed E-state index contributed by atoms with van der Waals surface area (Å²) >= 11 is 0. The molecular weight excluding hydrogens is 276 g/mol. The highest BCUT2D eigenvalue weighted by Crippen LogP contribution is 2.27. The second-order valence-corrected chi connectivity index (χ2v) is 5.36. The summed E-state index contributed by atoms with van der Waals surface area (Å²) in [5.74, 6) is 1.38. The fourth-order valence-corrected chi connectivity index (χ4v) is 2.74. The quantitative estimate of drug-likeness (QED) is 0.717. The molecule has 1 aliphatic carbocycles. The Bertz CT molecular complexity index is 837. The number of pyridine rings is 1. The van der Waals surface area contributed by atoms with Gasteiger partial charge in [-0.3, -0.25) is 4.79 Å². The topological polar surface area (TPSA) is 56.0 Å². The average molecular weight is 290 g/mol. The molecule has 0 saturated carbocycles. The maximum atomic E-state index is 11.8. The number of Topliss-reactive ketones (excluding diaryl/α,β-unsaturated/α-hetero) is 1. The standard InChI is InChI=1S/C18H14N2O2/c21-16-8-4-7-14-13(16)9-10-15(20-14)17-11-19-18(22-17)12-5-2-1-3-6-12/h1-3,5-6,9-11H,4,7-8H2. The van der Waals surface area contributed by atoms with Crippen molar-refractivity contribution >= 4 is 5.78 Å². The lowest BCUT2D eigenvalue weighted by atomic mass is 9.94. The molecule has 2 aromatic heterocycles. The van der Waals surface area contributed by atoms with Crippen LogP contribution in [0.25, 0.3) is 22.9 Å². The molecule has 2 heterocycles. The molecule has 0 fully saturated rings. The van der Waals surface area contributed by atoms with Gasteiger partial charge in [0.2, 0.25) is 5.89 Å². The largest absolute Gasteiger partial charge is 0.434 e. The van der Waals surface area contributed by atoms with Crippen molar-refractivity contribution in [2.45, 2.75) is 19.3 Å². The minimum Gasteiger partial charge on any atom is -0.434 e. The van der Waals surface area contributed by atoms with E-state index in [1.54, 1.807) is 6.20 Å². The van der Waals surface area contributed by atoms with Gasteiger partial charge in [-0.1, -0.05) is 18.2 Å². The lowest BCUT2D eigenvalue weighted by Gasteiger charge is -2.13. The molecule has 4 rings (SSSR count). The lowest BCUT2D eigenvalue weighted by Crippen LogP contribution is -2.12. The Balaban J connectivity index is 1.71. The number of fused-ring (bicyclic) bond motifs is 1. The molecule has 4 nitrogen and oxygen atoms in total. The Kier molecular flexibility index (Phi) is 3.07. The number of rotatable bonds is 2. The van der Waals surface area contributed by atoms with Gasteiger partial charge in [0.25, 0.3) is 0 Å². The molecule has 0 spiro atoms. The molecule has 0 atom stereocenters. The zero-order valence-electron chi connectivity index (χ0n) is 12.0. The van der Waals surface area contributed by atoms with E-state index >= 15 is 0 Å². The first kappa shape index (κ1) is 13.0. The van der Waals surface area contributed by atoms with E-state index in [9.17, 15) is 4.79 Å². The maximum absolute atomic E-state index is 11.8. The SMILES string of the molecule is O=C1CCCc2nc(-c3cnc(-c4ccccc4)o3)ccc21. The molecule has 1 aromatic carbocycles. The van der Waals surface area contributed by atoms with Crippen molar-refractivity contribution < 1.29 is 9.21 Å². The molecule has 0 unspecified atom stereocenters. The second-order valence-electron chi connectivity index (χ2n) is 5.36. The van der Waals surface area contributed by atoms with Crippen molar-refractivity contribution in [1.82, 2.24) is 9.97 Å². The van der Waals surface area contributed by atoms with Crippen molar-refractivity contribution in [3.05, 3.63) is 59.9 Å². The van der Waals surface area contributed by atoms with Gasteiger partial charge in [-0.15, -0.1) is 0 Å². The molecule has 4 heteroatoms. The smallest absolute Gasteiger partial charge is 0.226 e. The first-order chi connectivity index (χ1) is 10.8. The van der Waals surface area contributed by atoms with E-state index < -0.39 is 0 Å². The number of benzene rings is 1. The van der Waals surface area contributed by atoms with Gasteiger partial charge < -0.3 is 4.42 Å². The van der Waals surface area contributed by atoms with Crippen molar-refractivity contribution in [2.24, 2.45) is 0 Å². The highest BCUT2D eigenvalue weighted by molar-refractivity contribution is 5.98. The minimum atomic E-state index is 0.183. The maximum Gasteiger partial charge on any atom is 0.226 e. The summed E-state index contributed by atoms with van der Waals surface area (Å²) in [4.78, 5) is 20.7. The van der Waals surface area contributed by atoms with Gasteiger partial charge in [0, 0.05) is 17.5 Å². The van der Waals surface area contributed by atoms with Gasteiger partial charge >= 0.3 is 0 Å². The molecular formula is C18H14N2O2. The zero-order chi connectivity index (χ0) is 14.9. The molecule has 108 valence electrons. The lowest BCUT2D eigenvalue weighted by molar-refractivity contribution is 0.0971. The van der Waals surface area contributed by atoms with Crippen molar-refractivity contribution in [3.8, 4) is 22.9 Å². The van der Waals surface area contributed by atoms with Gasteiger partial charge in [0.05, 0.1) is 11.9 Å². The van der Waals surface area contributed by atoms with Crippen LogP contribution in [-0.2, 0) is 6.42 Å². The first-order valence-electron chi connectivity index (χ1n) is 7.36. The van der Waals surface area contributed by atoms with Crippen LogP contribution < -0.4 is 0 Å². The zero-order valence-corrected chi connectivity index (χ0v) is 12.0. The highest BCUT2D eigenvalue weighted by Gasteiger charge is 2.19. The predicted octanol–water partition coefficient (Wildman–Crippen LogP) is 3.92. The first-order valence-corrected chi connectivity index (χ1v) is 7.36. The van der Waals surface area contributed by atoms with Crippen LogP contribution in [0, 0.1) is 0 Å². The monoisotopic (exact) mass is 290 g/mol. The van der Waals surface area contributed by atoms with E-state index in [4.69, 9.17) is 4.42 Å². The van der Waals surface area contributed by atoms with Crippen molar-refractivity contribution in [1.29, 1.82) is 0 Å². The van der Waals surface area contributed by atoms with Crippen LogP contribution in [0.1, 0.15) is 28.9 Å². The third kappa shape index (κ3) is 2.22. The summed E-state index contributed by atoms with van der Waals surface area (Å²) in [7, 11) is 0. The number of carbonyl (C=O) groups is 1. The number of hydrogen-bond donors (Lipinski definition) is 0. The van der Waals surface area contributed by atoms with E-state index in [-0.39, 0.29) is 5.78 Å². The van der Waals surface area contributed by atoms with Gasteiger partial charge in [-0.05, 0) is 37.1 Å². The normalized spacial score (nSPS) is 13.9. The van der Waals surface area contributed by atoms with Crippen LogP contribution in [0.5, 0.6) is 0 Å². The number of aryl methyl sites for hydroxylation is 1. The fourth-order valence-electron chi connectivity index (χ4n) is 2.74. The molecule has 1 aliphatic rings.